The summed E-state index contributed by atoms with van der Waals surface area (Å²) in [5.74, 6) is -0.221. The topological polar surface area (TPSA) is 15.6 Å². The van der Waals surface area contributed by atoms with Crippen molar-refractivity contribution in [2.75, 3.05) is 11.4 Å². The van der Waals surface area contributed by atoms with Gasteiger partial charge in [0, 0.05) is 12.1 Å². The number of para-hydroxylation sites is 2. The summed E-state index contributed by atoms with van der Waals surface area (Å²) in [4.78, 5) is 7.05. The zero-order valence-electron chi connectivity index (χ0n) is 14.3. The van der Waals surface area contributed by atoms with Crippen molar-refractivity contribution in [3.63, 3.8) is 0 Å². The molecule has 0 saturated heterocycles. The van der Waals surface area contributed by atoms with Crippen LogP contribution in [0.5, 0.6) is 0 Å². The maximum absolute atomic E-state index is 13.8. The van der Waals surface area contributed by atoms with Gasteiger partial charge in [-0.05, 0) is 29.8 Å². The van der Waals surface area contributed by atoms with Gasteiger partial charge in [0.2, 0.25) is 0 Å². The largest absolute Gasteiger partial charge is 0.360 e. The highest BCUT2D eigenvalue weighted by molar-refractivity contribution is 6.05. The van der Waals surface area contributed by atoms with Crippen molar-refractivity contribution in [3.05, 3.63) is 102 Å². The molecule has 0 atom stereocenters. The molecule has 0 aromatic heterocycles. The van der Waals surface area contributed by atoms with Crippen molar-refractivity contribution >= 4 is 23.2 Å². The molecule has 1 aliphatic heterocycles. The van der Waals surface area contributed by atoms with E-state index < -0.39 is 0 Å². The Labute approximate surface area is 152 Å². The Kier molecular flexibility index (Phi) is 4.61. The molecule has 0 bridgehead atoms. The minimum atomic E-state index is -0.221. The van der Waals surface area contributed by atoms with Crippen LogP contribution < -0.4 is 4.90 Å². The molecule has 26 heavy (non-hydrogen) atoms. The minimum Gasteiger partial charge on any atom is -0.360 e. The molecule has 3 aromatic rings. The molecule has 0 fully saturated rings. The summed E-state index contributed by atoms with van der Waals surface area (Å²) < 4.78 is 13.8. The molecule has 2 nitrogen and oxygen atoms in total. The highest BCUT2D eigenvalue weighted by Gasteiger charge is 2.18. The summed E-state index contributed by atoms with van der Waals surface area (Å²) in [6.45, 7) is 1.50. The van der Waals surface area contributed by atoms with Crippen LogP contribution in [0, 0.1) is 5.82 Å². The zero-order valence-corrected chi connectivity index (χ0v) is 14.3. The second-order valence-corrected chi connectivity index (χ2v) is 6.29. The van der Waals surface area contributed by atoms with Crippen molar-refractivity contribution in [3.8, 4) is 0 Å². The monoisotopic (exact) mass is 342 g/mol. The third kappa shape index (κ3) is 3.57. The highest BCUT2D eigenvalue weighted by atomic mass is 19.1. The van der Waals surface area contributed by atoms with Gasteiger partial charge in [0.15, 0.2) is 0 Å². The van der Waals surface area contributed by atoms with Gasteiger partial charge < -0.3 is 4.90 Å². The number of fused-ring (bicyclic) bond motifs is 1. The molecule has 0 N–H and O–H groups in total. The van der Waals surface area contributed by atoms with Gasteiger partial charge in [-0.3, -0.25) is 0 Å². The summed E-state index contributed by atoms with van der Waals surface area (Å²) in [5.41, 5.74) is 4.82. The fraction of sp³-hybridized carbons (Fsp3) is 0.0870. The standard InChI is InChI=1S/C23H19FN2/c24-21-11-5-4-10-19(21)14-15-20-17-26(16-18-8-2-1-3-9-18)23-13-7-6-12-22(23)25-20/h1-15H,16-17H2. The predicted molar refractivity (Wildman–Crippen MR) is 106 cm³/mol. The van der Waals surface area contributed by atoms with E-state index in [4.69, 9.17) is 4.99 Å². The van der Waals surface area contributed by atoms with Gasteiger partial charge in [-0.25, -0.2) is 9.38 Å². The molecular formula is C23H19FN2. The van der Waals surface area contributed by atoms with Gasteiger partial charge in [0.1, 0.15) is 5.82 Å². The predicted octanol–water partition coefficient (Wildman–Crippen LogP) is 5.63. The van der Waals surface area contributed by atoms with Crippen molar-refractivity contribution in [1.82, 2.24) is 0 Å². The third-order valence-corrected chi connectivity index (χ3v) is 4.42. The zero-order chi connectivity index (χ0) is 17.8. The summed E-state index contributed by atoms with van der Waals surface area (Å²) in [6, 6.07) is 25.3. The van der Waals surface area contributed by atoms with Gasteiger partial charge in [-0.15, -0.1) is 0 Å². The first-order valence-electron chi connectivity index (χ1n) is 8.68. The van der Waals surface area contributed by atoms with E-state index in [2.05, 4.69) is 35.2 Å². The molecular weight excluding hydrogens is 323 g/mol. The normalized spacial score (nSPS) is 13.6. The second kappa shape index (κ2) is 7.36. The average molecular weight is 342 g/mol. The summed E-state index contributed by atoms with van der Waals surface area (Å²) in [7, 11) is 0. The Morgan fingerprint density at radius 3 is 2.42 bits per heavy atom. The molecule has 0 unspecified atom stereocenters. The summed E-state index contributed by atoms with van der Waals surface area (Å²) in [5, 5.41) is 0. The van der Waals surface area contributed by atoms with Crippen LogP contribution in [0.2, 0.25) is 0 Å². The molecule has 0 saturated carbocycles. The van der Waals surface area contributed by atoms with Crippen LogP contribution in [0.3, 0.4) is 0 Å². The molecule has 1 heterocycles. The first-order chi connectivity index (χ1) is 12.8. The average Bonchev–Trinajstić information content (AvgIpc) is 2.68. The highest BCUT2D eigenvalue weighted by Crippen LogP contribution is 2.33. The van der Waals surface area contributed by atoms with E-state index in [1.54, 1.807) is 18.2 Å². The summed E-state index contributed by atoms with van der Waals surface area (Å²) in [6.07, 6.45) is 3.70. The number of aliphatic imine (C=N–C) groups is 1. The Morgan fingerprint density at radius 1 is 0.846 bits per heavy atom. The number of hydrogen-bond donors (Lipinski definition) is 0. The fourth-order valence-corrected chi connectivity index (χ4v) is 3.13. The van der Waals surface area contributed by atoms with E-state index in [-0.39, 0.29) is 5.82 Å². The lowest BCUT2D eigenvalue weighted by atomic mass is 10.1. The second-order valence-electron chi connectivity index (χ2n) is 6.29. The van der Waals surface area contributed by atoms with Crippen LogP contribution in [-0.2, 0) is 6.54 Å². The van der Waals surface area contributed by atoms with Crippen LogP contribution >= 0.6 is 0 Å². The molecule has 0 aliphatic carbocycles. The van der Waals surface area contributed by atoms with Gasteiger partial charge >= 0.3 is 0 Å². The number of nitrogens with zero attached hydrogens (tertiary/aromatic N) is 2. The van der Waals surface area contributed by atoms with Gasteiger partial charge in [0.25, 0.3) is 0 Å². The fourth-order valence-electron chi connectivity index (χ4n) is 3.13. The molecule has 0 radical (unpaired) electrons. The van der Waals surface area contributed by atoms with Crippen LogP contribution in [0.1, 0.15) is 11.1 Å². The smallest absolute Gasteiger partial charge is 0.130 e. The number of hydrogen-bond acceptors (Lipinski definition) is 2. The lowest BCUT2D eigenvalue weighted by Gasteiger charge is -2.29. The van der Waals surface area contributed by atoms with E-state index in [1.807, 2.05) is 36.4 Å². The molecule has 3 heteroatoms. The number of halogens is 1. The Hall–Kier alpha value is -3.20. The molecule has 3 aromatic carbocycles. The molecule has 4 rings (SSSR count). The molecule has 128 valence electrons. The Bertz CT molecular complexity index is 961. The van der Waals surface area contributed by atoms with Gasteiger partial charge in [0.05, 0.1) is 23.6 Å². The van der Waals surface area contributed by atoms with Crippen molar-refractivity contribution in [2.24, 2.45) is 4.99 Å². The van der Waals surface area contributed by atoms with Crippen LogP contribution in [0.25, 0.3) is 6.08 Å². The number of rotatable bonds is 4. The van der Waals surface area contributed by atoms with E-state index in [0.29, 0.717) is 12.1 Å². The van der Waals surface area contributed by atoms with Crippen LogP contribution in [-0.4, -0.2) is 12.3 Å². The first-order valence-corrected chi connectivity index (χ1v) is 8.68. The van der Waals surface area contributed by atoms with Crippen molar-refractivity contribution in [2.45, 2.75) is 6.54 Å². The first kappa shape index (κ1) is 16.3. The van der Waals surface area contributed by atoms with Gasteiger partial charge in [-0.2, -0.15) is 0 Å². The Balaban J connectivity index is 1.63. The van der Waals surface area contributed by atoms with E-state index in [1.165, 1.54) is 11.6 Å². The van der Waals surface area contributed by atoms with Crippen LogP contribution in [0.15, 0.2) is 89.9 Å². The number of anilines is 1. The molecule has 1 aliphatic rings. The lowest BCUT2D eigenvalue weighted by molar-refractivity contribution is 0.625. The van der Waals surface area contributed by atoms with E-state index in [0.717, 1.165) is 23.6 Å². The van der Waals surface area contributed by atoms with E-state index in [9.17, 15) is 4.39 Å². The van der Waals surface area contributed by atoms with Crippen LogP contribution in [0.4, 0.5) is 15.8 Å². The van der Waals surface area contributed by atoms with Crippen molar-refractivity contribution in [1.29, 1.82) is 0 Å². The molecule has 0 amide bonds. The van der Waals surface area contributed by atoms with Gasteiger partial charge in [-0.1, -0.05) is 66.7 Å². The quantitative estimate of drug-likeness (QED) is 0.600. The molecule has 0 spiro atoms. The SMILES string of the molecule is Fc1ccccc1C=CC1=Nc2ccccc2N(Cc2ccccc2)C1. The maximum Gasteiger partial charge on any atom is 0.130 e. The Morgan fingerprint density at radius 2 is 1.58 bits per heavy atom. The maximum atomic E-state index is 13.8. The summed E-state index contributed by atoms with van der Waals surface area (Å²) >= 11 is 0. The van der Waals surface area contributed by atoms with E-state index >= 15 is 0 Å². The van der Waals surface area contributed by atoms with Crippen molar-refractivity contribution < 1.29 is 4.39 Å². The lowest BCUT2D eigenvalue weighted by Crippen LogP contribution is -2.31. The number of benzene rings is 3. The minimum absolute atomic E-state index is 0.221. The third-order valence-electron chi connectivity index (χ3n) is 4.42.